The number of rotatable bonds is 4. The lowest BCUT2D eigenvalue weighted by Gasteiger charge is -2.29. The Morgan fingerprint density at radius 1 is 1.14 bits per heavy atom. The van der Waals surface area contributed by atoms with Crippen LogP contribution >= 0.6 is 0 Å². The lowest BCUT2D eigenvalue weighted by atomic mass is 10.0. The van der Waals surface area contributed by atoms with Gasteiger partial charge < -0.3 is 25.4 Å². The Morgan fingerprint density at radius 3 is 2.69 bits per heavy atom. The van der Waals surface area contributed by atoms with Gasteiger partial charge in [-0.15, -0.1) is 0 Å². The Bertz CT molecular complexity index is 1310. The Hall–Kier alpha value is -3.92. The number of halogens is 1. The molecule has 35 heavy (non-hydrogen) atoms. The fraction of sp³-hybridized carbons (Fsp3) is 0.320. The summed E-state index contributed by atoms with van der Waals surface area (Å²) in [6.07, 6.45) is 2.45. The molecule has 1 saturated heterocycles. The van der Waals surface area contributed by atoms with Crippen LogP contribution in [0, 0.1) is 12.7 Å². The molecule has 3 N–H and O–H groups in total. The van der Waals surface area contributed by atoms with Crippen molar-refractivity contribution in [3.05, 3.63) is 64.7 Å². The van der Waals surface area contributed by atoms with Crippen molar-refractivity contribution < 1.29 is 23.8 Å². The molecule has 0 radical (unpaired) electrons. The first-order valence-corrected chi connectivity index (χ1v) is 11.5. The lowest BCUT2D eigenvalue weighted by Crippen LogP contribution is -2.39. The molecule has 3 aromatic rings. The van der Waals surface area contributed by atoms with Crippen LogP contribution in [0.25, 0.3) is 5.69 Å². The number of anilines is 2. The number of fused-ring (bicyclic) bond motifs is 1. The van der Waals surface area contributed by atoms with E-state index in [0.29, 0.717) is 30.9 Å². The number of hydrogen-bond acceptors (Lipinski definition) is 6. The number of phenolic OH excluding ortho intramolecular Hbond substituents is 1. The normalized spacial score (nSPS) is 16.2. The van der Waals surface area contributed by atoms with Crippen LogP contribution in [-0.2, 0) is 11.2 Å². The first kappa shape index (κ1) is 22.9. The summed E-state index contributed by atoms with van der Waals surface area (Å²) in [5.74, 6) is -2.52. The van der Waals surface area contributed by atoms with Crippen molar-refractivity contribution in [3.8, 4) is 11.4 Å². The summed E-state index contributed by atoms with van der Waals surface area (Å²) in [5.41, 5.74) is 9.07. The zero-order valence-corrected chi connectivity index (χ0v) is 19.3. The number of benzene rings is 2. The van der Waals surface area contributed by atoms with Crippen LogP contribution in [0.15, 0.2) is 36.4 Å². The molecular formula is C25H26FN5O4. The van der Waals surface area contributed by atoms with E-state index in [2.05, 4.69) is 10.00 Å². The maximum atomic E-state index is 14.1. The Labute approximate surface area is 201 Å². The molecule has 3 heterocycles. The maximum absolute atomic E-state index is 14.1. The minimum Gasteiger partial charge on any atom is -0.505 e. The fourth-order valence-corrected chi connectivity index (χ4v) is 4.72. The number of aryl methyl sites for hydroxylation is 1. The van der Waals surface area contributed by atoms with E-state index < -0.39 is 17.5 Å². The molecule has 9 nitrogen and oxygen atoms in total. The molecule has 0 atom stereocenters. The van der Waals surface area contributed by atoms with Crippen LogP contribution in [-0.4, -0.2) is 53.1 Å². The summed E-state index contributed by atoms with van der Waals surface area (Å²) < 4.78 is 21.0. The Balaban J connectivity index is 1.52. The van der Waals surface area contributed by atoms with Gasteiger partial charge in [-0.1, -0.05) is 0 Å². The third kappa shape index (κ3) is 4.10. The summed E-state index contributed by atoms with van der Waals surface area (Å²) in [6.45, 7) is 4.53. The molecule has 2 aromatic carbocycles. The minimum atomic E-state index is -0.865. The molecule has 1 fully saturated rings. The van der Waals surface area contributed by atoms with Crippen LogP contribution in [0.2, 0.25) is 0 Å². The highest BCUT2D eigenvalue weighted by Crippen LogP contribution is 2.32. The highest BCUT2D eigenvalue weighted by atomic mass is 19.1. The monoisotopic (exact) mass is 479 g/mol. The number of phenols is 1. The molecular weight excluding hydrogens is 453 g/mol. The molecule has 0 aliphatic carbocycles. The second-order valence-electron chi connectivity index (χ2n) is 8.77. The van der Waals surface area contributed by atoms with Crippen LogP contribution in [0.5, 0.6) is 5.75 Å². The van der Waals surface area contributed by atoms with Crippen LogP contribution in [0.1, 0.15) is 44.9 Å². The average molecular weight is 480 g/mol. The van der Waals surface area contributed by atoms with Gasteiger partial charge >= 0.3 is 0 Å². The smallest absolute Gasteiger partial charge is 0.277 e. The van der Waals surface area contributed by atoms with E-state index in [0.717, 1.165) is 43.3 Å². The fourth-order valence-electron chi connectivity index (χ4n) is 4.72. The quantitative estimate of drug-likeness (QED) is 0.595. The van der Waals surface area contributed by atoms with Gasteiger partial charge in [0.1, 0.15) is 12.4 Å². The number of nitrogens with two attached hydrogens (primary N) is 1. The topological polar surface area (TPSA) is 114 Å². The van der Waals surface area contributed by atoms with Crippen LogP contribution in [0.4, 0.5) is 15.8 Å². The van der Waals surface area contributed by atoms with Gasteiger partial charge in [0, 0.05) is 42.7 Å². The third-order valence-corrected chi connectivity index (χ3v) is 6.47. The van der Waals surface area contributed by atoms with Gasteiger partial charge in [0.2, 0.25) is 0 Å². The summed E-state index contributed by atoms with van der Waals surface area (Å²) in [4.78, 5) is 29.5. The number of carbonyl (C=O) groups is 2. The molecule has 1 aromatic heterocycles. The predicted molar refractivity (Wildman–Crippen MR) is 128 cm³/mol. The van der Waals surface area contributed by atoms with Gasteiger partial charge in [-0.25, -0.2) is 9.07 Å². The second-order valence-corrected chi connectivity index (χ2v) is 8.77. The number of primary amides is 1. The van der Waals surface area contributed by atoms with E-state index in [1.807, 2.05) is 25.1 Å². The zero-order chi connectivity index (χ0) is 24.7. The first-order chi connectivity index (χ1) is 16.8. The van der Waals surface area contributed by atoms with Crippen LogP contribution < -0.4 is 15.5 Å². The summed E-state index contributed by atoms with van der Waals surface area (Å²) >= 11 is 0. The summed E-state index contributed by atoms with van der Waals surface area (Å²) in [6, 6.07) is 9.49. The van der Waals surface area contributed by atoms with E-state index in [1.54, 1.807) is 4.90 Å². The van der Waals surface area contributed by atoms with E-state index >= 15 is 0 Å². The minimum absolute atomic E-state index is 0.0193. The lowest BCUT2D eigenvalue weighted by molar-refractivity contribution is 0.0972. The molecule has 2 aliphatic rings. The highest BCUT2D eigenvalue weighted by molar-refractivity contribution is 6.09. The number of nitrogens with zero attached hydrogens (tertiary/aromatic N) is 4. The van der Waals surface area contributed by atoms with Crippen molar-refractivity contribution in [1.29, 1.82) is 0 Å². The van der Waals surface area contributed by atoms with Crippen LogP contribution in [0.3, 0.4) is 0 Å². The van der Waals surface area contributed by atoms with Crippen molar-refractivity contribution in [1.82, 2.24) is 9.78 Å². The zero-order valence-electron chi connectivity index (χ0n) is 19.3. The van der Waals surface area contributed by atoms with Gasteiger partial charge in [0.05, 0.1) is 5.69 Å². The largest absolute Gasteiger partial charge is 0.505 e. The Kier molecular flexibility index (Phi) is 5.89. The van der Waals surface area contributed by atoms with Crippen molar-refractivity contribution >= 4 is 23.2 Å². The molecule has 0 bridgehead atoms. The van der Waals surface area contributed by atoms with E-state index in [4.69, 9.17) is 10.5 Å². The molecule has 0 unspecified atom stereocenters. The second kappa shape index (κ2) is 9.03. The van der Waals surface area contributed by atoms with Crippen molar-refractivity contribution in [2.24, 2.45) is 5.73 Å². The van der Waals surface area contributed by atoms with Crippen molar-refractivity contribution in [2.75, 3.05) is 36.2 Å². The Morgan fingerprint density at radius 2 is 1.94 bits per heavy atom. The van der Waals surface area contributed by atoms with Gasteiger partial charge in [-0.05, 0) is 62.1 Å². The molecule has 0 spiro atoms. The van der Waals surface area contributed by atoms with E-state index in [1.165, 1.54) is 16.8 Å². The molecule has 5 rings (SSSR count). The first-order valence-electron chi connectivity index (χ1n) is 11.5. The number of aromatic nitrogens is 2. The maximum Gasteiger partial charge on any atom is 0.277 e. The predicted octanol–water partition coefficient (Wildman–Crippen LogP) is 2.90. The highest BCUT2D eigenvalue weighted by Gasteiger charge is 2.35. The standard InChI is InChI=1S/C25H26FN5O4/c1-15-12-16(4-6-20(15)29-9-2-3-11-35-14-29)30-10-8-18-22(24(27)33)28-31(23(18)25(30)34)17-5-7-21(32)19(26)13-17/h4-7,12-13,32H,2-3,8-11,14H2,1H3,(H2,27,33). The van der Waals surface area contributed by atoms with Gasteiger partial charge in [-0.2, -0.15) is 5.10 Å². The molecule has 10 heteroatoms. The average Bonchev–Trinajstić information content (AvgIpc) is 3.03. The summed E-state index contributed by atoms with van der Waals surface area (Å²) in [7, 11) is 0. The number of aromatic hydroxyl groups is 1. The molecule has 0 saturated carbocycles. The number of ether oxygens (including phenoxy) is 1. The number of amides is 2. The van der Waals surface area contributed by atoms with Crippen molar-refractivity contribution in [3.63, 3.8) is 0 Å². The SMILES string of the molecule is Cc1cc(N2CCc3c(C(N)=O)nn(-c4ccc(O)c(F)c4)c3C2=O)ccc1N1CCCCOC1. The van der Waals surface area contributed by atoms with Gasteiger partial charge in [-0.3, -0.25) is 9.59 Å². The number of carbonyl (C=O) groups excluding carboxylic acids is 2. The summed E-state index contributed by atoms with van der Waals surface area (Å²) in [5, 5.41) is 13.8. The third-order valence-electron chi connectivity index (χ3n) is 6.47. The number of hydrogen-bond donors (Lipinski definition) is 2. The van der Waals surface area contributed by atoms with E-state index in [9.17, 15) is 19.1 Å². The van der Waals surface area contributed by atoms with Crippen molar-refractivity contribution in [2.45, 2.75) is 26.2 Å². The molecule has 2 amide bonds. The molecule has 182 valence electrons. The molecule has 2 aliphatic heterocycles. The van der Waals surface area contributed by atoms with Gasteiger partial charge in [0.15, 0.2) is 17.3 Å². The van der Waals surface area contributed by atoms with Gasteiger partial charge in [0.25, 0.3) is 11.8 Å². The van der Waals surface area contributed by atoms with E-state index in [-0.39, 0.29) is 23.0 Å².